The second kappa shape index (κ2) is 4.04. The van der Waals surface area contributed by atoms with Crippen LogP contribution in [0.4, 0.5) is 13.2 Å². The molecule has 17 heavy (non-hydrogen) atoms. The summed E-state index contributed by atoms with van der Waals surface area (Å²) in [5, 5.41) is 0. The Balaban J connectivity index is 3.02. The van der Waals surface area contributed by atoms with E-state index < -0.39 is 21.0 Å². The van der Waals surface area contributed by atoms with Crippen molar-refractivity contribution in [3.05, 3.63) is 23.5 Å². The maximum absolute atomic E-state index is 12.1. The van der Waals surface area contributed by atoms with E-state index in [0.29, 0.717) is 6.42 Å². The molecule has 0 spiro atoms. The molecule has 0 aliphatic heterocycles. The summed E-state index contributed by atoms with van der Waals surface area (Å²) in [6.07, 6.45) is 3.32. The topological polar surface area (TPSA) is 43.4 Å². The molecule has 0 saturated carbocycles. The van der Waals surface area contributed by atoms with E-state index >= 15 is 0 Å². The molecule has 7 heteroatoms. The van der Waals surface area contributed by atoms with Crippen LogP contribution in [-0.4, -0.2) is 13.9 Å². The van der Waals surface area contributed by atoms with Crippen molar-refractivity contribution in [3.8, 4) is 0 Å². The van der Waals surface area contributed by atoms with E-state index in [2.05, 4.69) is 4.18 Å². The molecule has 0 atom stereocenters. The van der Waals surface area contributed by atoms with Gasteiger partial charge in [0.2, 0.25) is 0 Å². The van der Waals surface area contributed by atoms with Crippen molar-refractivity contribution in [2.75, 3.05) is 0 Å². The maximum atomic E-state index is 12.1. The van der Waals surface area contributed by atoms with Gasteiger partial charge in [-0.1, -0.05) is 19.4 Å². The predicted octanol–water partition coefficient (Wildman–Crippen LogP) is 3.11. The lowest BCUT2D eigenvalue weighted by atomic mass is 9.82. The van der Waals surface area contributed by atoms with Crippen molar-refractivity contribution in [2.24, 2.45) is 5.41 Å². The third-order valence-corrected chi connectivity index (χ3v) is 3.12. The van der Waals surface area contributed by atoms with Gasteiger partial charge in [0.15, 0.2) is 0 Å². The van der Waals surface area contributed by atoms with E-state index in [-0.39, 0.29) is 5.76 Å². The summed E-state index contributed by atoms with van der Waals surface area (Å²) >= 11 is 0. The summed E-state index contributed by atoms with van der Waals surface area (Å²) in [5.74, 6) is -0.281. The van der Waals surface area contributed by atoms with E-state index in [1.54, 1.807) is 20.8 Å². The lowest BCUT2D eigenvalue weighted by molar-refractivity contribution is -0.0520. The number of hydrogen-bond donors (Lipinski definition) is 0. The van der Waals surface area contributed by atoms with Crippen molar-refractivity contribution < 1.29 is 25.8 Å². The monoisotopic (exact) mass is 270 g/mol. The van der Waals surface area contributed by atoms with Gasteiger partial charge in [0.05, 0.1) is 0 Å². The van der Waals surface area contributed by atoms with Crippen LogP contribution in [0.1, 0.15) is 27.2 Å². The fourth-order valence-corrected chi connectivity index (χ4v) is 2.16. The summed E-state index contributed by atoms with van der Waals surface area (Å²) in [4.78, 5) is 0. The molecule has 98 valence electrons. The molecule has 0 unspecified atom stereocenters. The minimum Gasteiger partial charge on any atom is -0.376 e. The molecule has 0 bridgehead atoms. The molecule has 3 nitrogen and oxygen atoms in total. The van der Waals surface area contributed by atoms with Crippen LogP contribution >= 0.6 is 0 Å². The largest absolute Gasteiger partial charge is 0.534 e. The van der Waals surface area contributed by atoms with Crippen LogP contribution < -0.4 is 0 Å². The van der Waals surface area contributed by atoms with Crippen molar-refractivity contribution in [2.45, 2.75) is 32.7 Å². The van der Waals surface area contributed by atoms with E-state index in [0.717, 1.165) is 5.57 Å². The van der Waals surface area contributed by atoms with E-state index in [9.17, 15) is 21.6 Å². The number of rotatable bonds is 2. The minimum atomic E-state index is -5.58. The quantitative estimate of drug-likeness (QED) is 0.572. The number of alkyl halides is 3. The van der Waals surface area contributed by atoms with Crippen LogP contribution in [0.25, 0.3) is 0 Å². The molecule has 0 N–H and O–H groups in total. The normalized spacial score (nSPS) is 20.6. The fraction of sp³-hybridized carbons (Fsp3) is 0.600. The Labute approximate surface area is 98.1 Å². The van der Waals surface area contributed by atoms with Gasteiger partial charge >= 0.3 is 15.6 Å². The van der Waals surface area contributed by atoms with Crippen LogP contribution in [0.5, 0.6) is 0 Å². The van der Waals surface area contributed by atoms with Gasteiger partial charge < -0.3 is 4.18 Å². The van der Waals surface area contributed by atoms with Crippen molar-refractivity contribution in [1.29, 1.82) is 0 Å². The van der Waals surface area contributed by atoms with E-state index in [1.165, 1.54) is 12.2 Å². The van der Waals surface area contributed by atoms with Gasteiger partial charge in [-0.3, -0.25) is 0 Å². The van der Waals surface area contributed by atoms with E-state index in [4.69, 9.17) is 0 Å². The third kappa shape index (κ3) is 3.49. The predicted molar refractivity (Wildman–Crippen MR) is 56.3 cm³/mol. The summed E-state index contributed by atoms with van der Waals surface area (Å²) < 4.78 is 62.1. The van der Waals surface area contributed by atoms with Crippen LogP contribution in [0.3, 0.4) is 0 Å². The summed E-state index contributed by atoms with van der Waals surface area (Å²) in [7, 11) is -5.58. The van der Waals surface area contributed by atoms with Gasteiger partial charge in [-0.25, -0.2) is 0 Å². The van der Waals surface area contributed by atoms with Crippen molar-refractivity contribution >= 4 is 10.1 Å². The molecular weight excluding hydrogens is 257 g/mol. The standard InChI is InChI=1S/C10H13F3O3S/c1-7-4-8(6-9(2,3)5-7)16-17(14,15)10(11,12)13/h4,6H,5H2,1-3H3. The molecule has 0 fully saturated rings. The molecule has 0 saturated heterocycles. The van der Waals surface area contributed by atoms with Crippen LogP contribution in [0.2, 0.25) is 0 Å². The van der Waals surface area contributed by atoms with Crippen LogP contribution in [-0.2, 0) is 14.3 Å². The summed E-state index contributed by atoms with van der Waals surface area (Å²) in [6.45, 7) is 5.28. The Bertz CT molecular complexity index is 470. The molecular formula is C10H13F3O3S. The summed E-state index contributed by atoms with van der Waals surface area (Å²) in [5.41, 5.74) is -5.06. The SMILES string of the molecule is CC1=CC(OS(=O)(=O)C(F)(F)F)=CC(C)(C)C1. The highest BCUT2D eigenvalue weighted by Crippen LogP contribution is 2.35. The van der Waals surface area contributed by atoms with Gasteiger partial charge in [0.1, 0.15) is 5.76 Å². The second-order valence-corrected chi connectivity index (χ2v) is 6.22. The molecule has 0 aromatic rings. The van der Waals surface area contributed by atoms with Gasteiger partial charge in [-0.2, -0.15) is 21.6 Å². The second-order valence-electron chi connectivity index (χ2n) is 4.69. The first-order valence-corrected chi connectivity index (χ1v) is 6.25. The molecule has 0 amide bonds. The molecule has 0 aromatic carbocycles. The third-order valence-electron chi connectivity index (χ3n) is 2.15. The molecule has 1 rings (SSSR count). The molecule has 1 aliphatic carbocycles. The Morgan fingerprint density at radius 1 is 1.35 bits per heavy atom. The van der Waals surface area contributed by atoms with Crippen LogP contribution in [0.15, 0.2) is 23.5 Å². The van der Waals surface area contributed by atoms with Gasteiger partial charge in [-0.15, -0.1) is 0 Å². The number of hydrogen-bond acceptors (Lipinski definition) is 3. The zero-order valence-corrected chi connectivity index (χ0v) is 10.4. The molecule has 0 radical (unpaired) electrons. The number of allylic oxidation sites excluding steroid dienone is 3. The first-order chi connectivity index (χ1) is 7.43. The lowest BCUT2D eigenvalue weighted by Crippen LogP contribution is -2.26. The van der Waals surface area contributed by atoms with Crippen molar-refractivity contribution in [3.63, 3.8) is 0 Å². The highest BCUT2D eigenvalue weighted by molar-refractivity contribution is 7.87. The Morgan fingerprint density at radius 3 is 2.29 bits per heavy atom. The number of halogens is 3. The molecule has 0 heterocycles. The van der Waals surface area contributed by atoms with Gasteiger partial charge in [0.25, 0.3) is 0 Å². The highest BCUT2D eigenvalue weighted by atomic mass is 32.2. The first-order valence-electron chi connectivity index (χ1n) is 4.84. The average molecular weight is 270 g/mol. The molecule has 1 aliphatic rings. The van der Waals surface area contributed by atoms with Gasteiger partial charge in [-0.05, 0) is 30.9 Å². The molecule has 0 aromatic heterocycles. The Morgan fingerprint density at radius 2 is 1.88 bits per heavy atom. The zero-order valence-electron chi connectivity index (χ0n) is 9.63. The highest BCUT2D eigenvalue weighted by Gasteiger charge is 2.49. The first kappa shape index (κ1) is 14.1. The average Bonchev–Trinajstić information content (AvgIpc) is 1.94. The summed E-state index contributed by atoms with van der Waals surface area (Å²) in [6, 6.07) is 0. The minimum absolute atomic E-state index is 0.281. The smallest absolute Gasteiger partial charge is 0.376 e. The zero-order chi connectivity index (χ0) is 13.5. The maximum Gasteiger partial charge on any atom is 0.534 e. The lowest BCUT2D eigenvalue weighted by Gasteiger charge is -2.26. The fourth-order valence-electron chi connectivity index (χ4n) is 1.71. The van der Waals surface area contributed by atoms with Crippen LogP contribution in [0, 0.1) is 5.41 Å². The van der Waals surface area contributed by atoms with Gasteiger partial charge in [0, 0.05) is 0 Å². The van der Waals surface area contributed by atoms with Crippen molar-refractivity contribution in [1.82, 2.24) is 0 Å². The Kier molecular flexibility index (Phi) is 3.35. The Hall–Kier alpha value is -0.980. The van der Waals surface area contributed by atoms with E-state index in [1.807, 2.05) is 0 Å².